The lowest BCUT2D eigenvalue weighted by Gasteiger charge is -2.06. The van der Waals surface area contributed by atoms with Crippen LogP contribution in [0.15, 0.2) is 0 Å². The number of hydrogen-bond donors (Lipinski definition) is 4. The van der Waals surface area contributed by atoms with Gasteiger partial charge in [0.25, 0.3) is 0 Å². The van der Waals surface area contributed by atoms with Gasteiger partial charge in [-0.05, 0) is 25.7 Å². The van der Waals surface area contributed by atoms with Crippen LogP contribution in [0.25, 0.3) is 0 Å². The molecule has 0 spiro atoms. The van der Waals surface area contributed by atoms with E-state index in [0.29, 0.717) is 59.0 Å². The van der Waals surface area contributed by atoms with Gasteiger partial charge in [0.15, 0.2) is 0 Å². The minimum Gasteiger partial charge on any atom is -0.355 e. The van der Waals surface area contributed by atoms with Crippen molar-refractivity contribution in [1.82, 2.24) is 10.6 Å². The van der Waals surface area contributed by atoms with E-state index in [1.165, 1.54) is 0 Å². The van der Waals surface area contributed by atoms with Crippen molar-refractivity contribution in [3.05, 3.63) is 0 Å². The van der Waals surface area contributed by atoms with Gasteiger partial charge in [-0.25, -0.2) is 0 Å². The van der Waals surface area contributed by atoms with Crippen molar-refractivity contribution < 1.29 is 19.1 Å². The molecule has 6 N–H and O–H groups in total. The monoisotopic (exact) mass is 374 g/mol. The third kappa shape index (κ3) is 19.1. The average molecular weight is 375 g/mol. The number of carbonyl (C=O) groups excluding carboxylic acids is 2. The van der Waals surface area contributed by atoms with E-state index >= 15 is 0 Å². The first kappa shape index (κ1) is 24.8. The second-order valence-corrected chi connectivity index (χ2v) is 6.19. The van der Waals surface area contributed by atoms with Crippen molar-refractivity contribution in [2.24, 2.45) is 11.5 Å². The predicted octanol–water partition coefficient (Wildman–Crippen LogP) is 0.638. The Balaban J connectivity index is 3.13. The Morgan fingerprint density at radius 2 is 1.08 bits per heavy atom. The zero-order chi connectivity index (χ0) is 19.3. The van der Waals surface area contributed by atoms with Gasteiger partial charge >= 0.3 is 0 Å². The summed E-state index contributed by atoms with van der Waals surface area (Å²) >= 11 is 0. The van der Waals surface area contributed by atoms with E-state index in [2.05, 4.69) is 10.6 Å². The van der Waals surface area contributed by atoms with Gasteiger partial charge in [0, 0.05) is 52.2 Å². The molecule has 0 saturated carbocycles. The van der Waals surface area contributed by atoms with Crippen molar-refractivity contribution in [3.63, 3.8) is 0 Å². The summed E-state index contributed by atoms with van der Waals surface area (Å²) in [5, 5.41) is 5.51. The highest BCUT2D eigenvalue weighted by atomic mass is 16.7. The van der Waals surface area contributed by atoms with Gasteiger partial charge in [-0.1, -0.05) is 19.3 Å². The number of ether oxygens (including phenoxy) is 2. The fraction of sp³-hybridized carbons (Fsp3) is 0.889. The molecule has 8 heteroatoms. The van der Waals surface area contributed by atoms with E-state index in [1.807, 2.05) is 0 Å². The van der Waals surface area contributed by atoms with Crippen LogP contribution in [0.3, 0.4) is 0 Å². The quantitative estimate of drug-likeness (QED) is 0.194. The molecule has 0 saturated heterocycles. The molecule has 0 aliphatic heterocycles. The van der Waals surface area contributed by atoms with E-state index in [4.69, 9.17) is 20.9 Å². The maximum absolute atomic E-state index is 11.3. The molecule has 0 fully saturated rings. The van der Waals surface area contributed by atoms with Crippen LogP contribution < -0.4 is 22.1 Å². The number of unbranched alkanes of at least 4 members (excludes halogenated alkanes) is 5. The molecule has 0 aromatic heterocycles. The highest BCUT2D eigenvalue weighted by Crippen LogP contribution is 2.04. The Hall–Kier alpha value is -1.22. The largest absolute Gasteiger partial charge is 0.355 e. The molecule has 0 radical (unpaired) electrons. The summed E-state index contributed by atoms with van der Waals surface area (Å²) in [4.78, 5) is 22.7. The van der Waals surface area contributed by atoms with Crippen molar-refractivity contribution in [3.8, 4) is 0 Å². The molecule has 2 amide bonds. The molecular formula is C18H38N4O4. The first-order valence-electron chi connectivity index (χ1n) is 9.79. The molecule has 0 aliphatic carbocycles. The van der Waals surface area contributed by atoms with Crippen molar-refractivity contribution in [2.75, 3.05) is 46.2 Å². The van der Waals surface area contributed by atoms with Crippen molar-refractivity contribution >= 4 is 11.8 Å². The average Bonchev–Trinajstić information content (AvgIpc) is 2.64. The van der Waals surface area contributed by atoms with Crippen LogP contribution in [0.1, 0.15) is 57.8 Å². The molecule has 26 heavy (non-hydrogen) atoms. The van der Waals surface area contributed by atoms with Crippen LogP contribution in [0.5, 0.6) is 0 Å². The third-order valence-corrected chi connectivity index (χ3v) is 3.73. The normalized spacial score (nSPS) is 10.7. The van der Waals surface area contributed by atoms with Crippen LogP contribution in [0.2, 0.25) is 0 Å². The smallest absolute Gasteiger partial charge is 0.220 e. The zero-order valence-corrected chi connectivity index (χ0v) is 16.1. The van der Waals surface area contributed by atoms with Crippen LogP contribution in [-0.2, 0) is 19.1 Å². The Morgan fingerprint density at radius 1 is 0.654 bits per heavy atom. The standard InChI is InChI=1S/C18H38N4O4/c19-10-12-21-17(23)8-4-1-2-6-14-25-16-26-15-7-3-5-9-18(24)22-13-11-20/h1-16,19-20H2,(H,21,23)(H,22,24). The van der Waals surface area contributed by atoms with E-state index in [-0.39, 0.29) is 11.8 Å². The third-order valence-electron chi connectivity index (χ3n) is 3.73. The van der Waals surface area contributed by atoms with Gasteiger partial charge in [0.2, 0.25) is 11.8 Å². The van der Waals surface area contributed by atoms with Gasteiger partial charge in [-0.2, -0.15) is 0 Å². The summed E-state index contributed by atoms with van der Waals surface area (Å²) in [5.41, 5.74) is 10.6. The summed E-state index contributed by atoms with van der Waals surface area (Å²) in [6.07, 6.45) is 7.84. The van der Waals surface area contributed by atoms with Gasteiger partial charge in [-0.3, -0.25) is 9.59 Å². The SMILES string of the molecule is NCCNC(=O)CCCCCCOCOCCCCCC(=O)NCCN. The predicted molar refractivity (Wildman–Crippen MR) is 102 cm³/mol. The Labute approximate surface area is 157 Å². The first-order valence-corrected chi connectivity index (χ1v) is 9.79. The molecule has 0 rings (SSSR count). The molecule has 8 nitrogen and oxygen atoms in total. The topological polar surface area (TPSA) is 129 Å². The number of nitrogens with two attached hydrogens (primary N) is 2. The van der Waals surface area contributed by atoms with E-state index < -0.39 is 0 Å². The lowest BCUT2D eigenvalue weighted by molar-refractivity contribution is -0.122. The molecule has 0 aromatic carbocycles. The number of nitrogens with one attached hydrogen (secondary N) is 2. The molecule has 0 atom stereocenters. The second-order valence-electron chi connectivity index (χ2n) is 6.19. The summed E-state index contributed by atoms with van der Waals surface area (Å²) < 4.78 is 10.8. The lowest BCUT2D eigenvalue weighted by atomic mass is 10.1. The van der Waals surface area contributed by atoms with E-state index in [9.17, 15) is 9.59 Å². The Morgan fingerprint density at radius 3 is 1.54 bits per heavy atom. The second kappa shape index (κ2) is 20.1. The highest BCUT2D eigenvalue weighted by molar-refractivity contribution is 5.76. The lowest BCUT2D eigenvalue weighted by Crippen LogP contribution is -2.28. The van der Waals surface area contributed by atoms with Gasteiger partial charge in [-0.15, -0.1) is 0 Å². The summed E-state index contributed by atoms with van der Waals surface area (Å²) in [6, 6.07) is 0. The maximum Gasteiger partial charge on any atom is 0.220 e. The van der Waals surface area contributed by atoms with Crippen molar-refractivity contribution in [1.29, 1.82) is 0 Å². The number of hydrogen-bond acceptors (Lipinski definition) is 6. The van der Waals surface area contributed by atoms with Crippen LogP contribution >= 0.6 is 0 Å². The van der Waals surface area contributed by atoms with E-state index in [0.717, 1.165) is 44.9 Å². The Bertz CT molecular complexity index is 311. The number of amides is 2. The zero-order valence-electron chi connectivity index (χ0n) is 16.1. The molecule has 0 heterocycles. The maximum atomic E-state index is 11.3. The van der Waals surface area contributed by atoms with E-state index in [1.54, 1.807) is 0 Å². The van der Waals surface area contributed by atoms with Crippen LogP contribution in [0, 0.1) is 0 Å². The van der Waals surface area contributed by atoms with Crippen molar-refractivity contribution in [2.45, 2.75) is 57.8 Å². The fourth-order valence-corrected chi connectivity index (χ4v) is 2.29. The highest BCUT2D eigenvalue weighted by Gasteiger charge is 2.00. The molecule has 0 bridgehead atoms. The molecule has 0 unspecified atom stereocenters. The summed E-state index contributed by atoms with van der Waals surface area (Å²) in [7, 11) is 0. The number of carbonyl (C=O) groups is 2. The van der Waals surface area contributed by atoms with Gasteiger partial charge in [0.1, 0.15) is 6.79 Å². The molecular weight excluding hydrogens is 336 g/mol. The van der Waals surface area contributed by atoms with Crippen LogP contribution in [-0.4, -0.2) is 58.0 Å². The van der Waals surface area contributed by atoms with Gasteiger partial charge < -0.3 is 31.6 Å². The minimum atomic E-state index is 0.0656. The first-order chi connectivity index (χ1) is 12.7. The molecule has 0 aliphatic rings. The number of rotatable bonds is 19. The minimum absolute atomic E-state index is 0.0656. The Kier molecular flexibility index (Phi) is 19.2. The molecule has 154 valence electrons. The summed E-state index contributed by atoms with van der Waals surface area (Å²) in [5.74, 6) is 0.146. The summed E-state index contributed by atoms with van der Waals surface area (Å²) in [6.45, 7) is 3.71. The van der Waals surface area contributed by atoms with Gasteiger partial charge in [0.05, 0.1) is 0 Å². The molecule has 0 aromatic rings. The fourth-order valence-electron chi connectivity index (χ4n) is 2.29. The van der Waals surface area contributed by atoms with Crippen LogP contribution in [0.4, 0.5) is 0 Å².